The van der Waals surface area contributed by atoms with Crippen LogP contribution in [0, 0.1) is 5.92 Å². The Kier molecular flexibility index (Phi) is 4.54. The first-order chi connectivity index (χ1) is 7.86. The van der Waals surface area contributed by atoms with Gasteiger partial charge in [-0.3, -0.25) is 9.59 Å². The van der Waals surface area contributed by atoms with Gasteiger partial charge in [-0.2, -0.15) is 0 Å². The maximum Gasteiger partial charge on any atom is 0.247 e. The number of carbonyl (C=O) groups is 2. The molecule has 0 aromatic heterocycles. The summed E-state index contributed by atoms with van der Waals surface area (Å²) < 4.78 is 0. The molecule has 1 unspecified atom stereocenters. The number of nitrogens with one attached hydrogen (secondary N) is 1. The van der Waals surface area contributed by atoms with Gasteiger partial charge in [0.1, 0.15) is 5.54 Å². The maximum atomic E-state index is 12.3. The molecule has 0 saturated carbocycles. The van der Waals surface area contributed by atoms with E-state index in [0.29, 0.717) is 18.9 Å². The van der Waals surface area contributed by atoms with Crippen molar-refractivity contribution < 1.29 is 9.59 Å². The van der Waals surface area contributed by atoms with E-state index in [4.69, 9.17) is 0 Å². The summed E-state index contributed by atoms with van der Waals surface area (Å²) in [7, 11) is 0. The van der Waals surface area contributed by atoms with Crippen LogP contribution in [0.3, 0.4) is 0 Å². The van der Waals surface area contributed by atoms with Crippen molar-refractivity contribution in [2.24, 2.45) is 5.92 Å². The average Bonchev–Trinajstić information content (AvgIpc) is 2.30. The van der Waals surface area contributed by atoms with Crippen molar-refractivity contribution in [3.8, 4) is 0 Å². The number of nitrogens with zero attached hydrogens (tertiary/aromatic N) is 1. The van der Waals surface area contributed by atoms with Gasteiger partial charge in [0.25, 0.3) is 0 Å². The standard InChI is InChI=1S/C13H24N2O2/c1-5-6-10(2)9-15-8-7-11(16)14-13(3,4)12(15)17/h10H,5-9H2,1-4H3,(H,14,16). The first kappa shape index (κ1) is 14.0. The summed E-state index contributed by atoms with van der Waals surface area (Å²) in [6.45, 7) is 9.15. The molecule has 0 spiro atoms. The number of carbonyl (C=O) groups excluding carboxylic acids is 2. The highest BCUT2D eigenvalue weighted by Crippen LogP contribution is 2.16. The van der Waals surface area contributed by atoms with Crippen LogP contribution in [0.25, 0.3) is 0 Å². The molecular weight excluding hydrogens is 216 g/mol. The number of hydrogen-bond donors (Lipinski definition) is 1. The third-order valence-corrected chi connectivity index (χ3v) is 3.20. The van der Waals surface area contributed by atoms with Gasteiger partial charge in [0.05, 0.1) is 0 Å². The Morgan fingerprint density at radius 1 is 1.41 bits per heavy atom. The second kappa shape index (κ2) is 5.52. The molecule has 1 heterocycles. The van der Waals surface area contributed by atoms with Crippen molar-refractivity contribution in [3.63, 3.8) is 0 Å². The number of hydrogen-bond acceptors (Lipinski definition) is 2. The Balaban J connectivity index is 2.71. The van der Waals surface area contributed by atoms with E-state index in [1.54, 1.807) is 13.8 Å². The summed E-state index contributed by atoms with van der Waals surface area (Å²) in [5.74, 6) is 0.494. The Bertz CT molecular complexity index is 300. The summed E-state index contributed by atoms with van der Waals surface area (Å²) >= 11 is 0. The molecule has 2 amide bonds. The molecule has 0 aliphatic carbocycles. The first-order valence-electron chi connectivity index (χ1n) is 6.47. The van der Waals surface area contributed by atoms with Gasteiger partial charge < -0.3 is 10.2 Å². The van der Waals surface area contributed by atoms with Gasteiger partial charge in [-0.25, -0.2) is 0 Å². The summed E-state index contributed by atoms with van der Waals surface area (Å²) in [4.78, 5) is 25.6. The van der Waals surface area contributed by atoms with E-state index in [9.17, 15) is 9.59 Å². The topological polar surface area (TPSA) is 49.4 Å². The Labute approximate surface area is 104 Å². The molecule has 4 heteroatoms. The Hall–Kier alpha value is -1.06. The van der Waals surface area contributed by atoms with E-state index in [1.807, 2.05) is 4.90 Å². The normalized spacial score (nSPS) is 22.0. The molecule has 0 radical (unpaired) electrons. The third-order valence-electron chi connectivity index (χ3n) is 3.20. The van der Waals surface area contributed by atoms with Crippen LogP contribution in [0.4, 0.5) is 0 Å². The fourth-order valence-corrected chi connectivity index (χ4v) is 2.33. The van der Waals surface area contributed by atoms with E-state index in [1.165, 1.54) is 0 Å². The second-order valence-corrected chi connectivity index (χ2v) is 5.57. The van der Waals surface area contributed by atoms with Gasteiger partial charge in [0, 0.05) is 19.5 Å². The van der Waals surface area contributed by atoms with E-state index < -0.39 is 5.54 Å². The molecule has 17 heavy (non-hydrogen) atoms. The van der Waals surface area contributed by atoms with E-state index in [2.05, 4.69) is 19.2 Å². The van der Waals surface area contributed by atoms with Gasteiger partial charge >= 0.3 is 0 Å². The third kappa shape index (κ3) is 3.72. The fourth-order valence-electron chi connectivity index (χ4n) is 2.33. The molecule has 4 nitrogen and oxygen atoms in total. The fraction of sp³-hybridized carbons (Fsp3) is 0.846. The van der Waals surface area contributed by atoms with Crippen LogP contribution >= 0.6 is 0 Å². The van der Waals surface area contributed by atoms with Crippen LogP contribution in [-0.4, -0.2) is 35.3 Å². The minimum absolute atomic E-state index is 0.0333. The number of rotatable bonds is 4. The lowest BCUT2D eigenvalue weighted by Gasteiger charge is -2.30. The SMILES string of the molecule is CCCC(C)CN1CCC(=O)NC(C)(C)C1=O. The molecule has 0 aromatic rings. The summed E-state index contributed by atoms with van der Waals surface area (Å²) in [5, 5.41) is 2.77. The van der Waals surface area contributed by atoms with E-state index >= 15 is 0 Å². The van der Waals surface area contributed by atoms with Crippen LogP contribution in [0.15, 0.2) is 0 Å². The second-order valence-electron chi connectivity index (χ2n) is 5.57. The maximum absolute atomic E-state index is 12.3. The molecule has 1 aliphatic rings. The van der Waals surface area contributed by atoms with Crippen LogP contribution in [0.5, 0.6) is 0 Å². The van der Waals surface area contributed by atoms with Crippen LogP contribution in [-0.2, 0) is 9.59 Å². The lowest BCUT2D eigenvalue weighted by Crippen LogP contribution is -2.53. The van der Waals surface area contributed by atoms with E-state index in [0.717, 1.165) is 19.4 Å². The van der Waals surface area contributed by atoms with Crippen molar-refractivity contribution in [2.75, 3.05) is 13.1 Å². The molecule has 1 aliphatic heterocycles. The zero-order valence-electron chi connectivity index (χ0n) is 11.4. The molecule has 1 fully saturated rings. The predicted octanol–water partition coefficient (Wildman–Crippen LogP) is 1.55. The smallest absolute Gasteiger partial charge is 0.247 e. The zero-order valence-corrected chi connectivity index (χ0v) is 11.4. The first-order valence-corrected chi connectivity index (χ1v) is 6.47. The molecular formula is C13H24N2O2. The quantitative estimate of drug-likeness (QED) is 0.810. The molecule has 1 atom stereocenters. The minimum Gasteiger partial charge on any atom is -0.342 e. The van der Waals surface area contributed by atoms with Gasteiger partial charge in [-0.1, -0.05) is 20.3 Å². The van der Waals surface area contributed by atoms with E-state index in [-0.39, 0.29) is 11.8 Å². The van der Waals surface area contributed by atoms with Gasteiger partial charge in [0.2, 0.25) is 11.8 Å². The highest BCUT2D eigenvalue weighted by atomic mass is 16.2. The van der Waals surface area contributed by atoms with Crippen molar-refractivity contribution in [1.82, 2.24) is 10.2 Å². The van der Waals surface area contributed by atoms with Gasteiger partial charge in [-0.05, 0) is 26.2 Å². The minimum atomic E-state index is -0.764. The highest BCUT2D eigenvalue weighted by Gasteiger charge is 2.36. The Morgan fingerprint density at radius 2 is 2.06 bits per heavy atom. The van der Waals surface area contributed by atoms with Crippen LogP contribution in [0.2, 0.25) is 0 Å². The van der Waals surface area contributed by atoms with Gasteiger partial charge in [-0.15, -0.1) is 0 Å². The Morgan fingerprint density at radius 3 is 2.65 bits per heavy atom. The van der Waals surface area contributed by atoms with Crippen LogP contribution < -0.4 is 5.32 Å². The van der Waals surface area contributed by atoms with Gasteiger partial charge in [0.15, 0.2) is 0 Å². The lowest BCUT2D eigenvalue weighted by molar-refractivity contribution is -0.137. The zero-order chi connectivity index (χ0) is 13.1. The predicted molar refractivity (Wildman–Crippen MR) is 67.5 cm³/mol. The van der Waals surface area contributed by atoms with Crippen molar-refractivity contribution in [2.45, 2.75) is 52.5 Å². The molecule has 0 bridgehead atoms. The lowest BCUT2D eigenvalue weighted by atomic mass is 10.0. The number of amides is 2. The van der Waals surface area contributed by atoms with Crippen molar-refractivity contribution >= 4 is 11.8 Å². The molecule has 1 saturated heterocycles. The van der Waals surface area contributed by atoms with Crippen molar-refractivity contribution in [3.05, 3.63) is 0 Å². The molecule has 1 rings (SSSR count). The molecule has 98 valence electrons. The van der Waals surface area contributed by atoms with Crippen molar-refractivity contribution in [1.29, 1.82) is 0 Å². The summed E-state index contributed by atoms with van der Waals surface area (Å²) in [6.07, 6.45) is 2.66. The molecule has 1 N–H and O–H groups in total. The summed E-state index contributed by atoms with van der Waals surface area (Å²) in [6, 6.07) is 0. The molecule has 0 aromatic carbocycles. The highest BCUT2D eigenvalue weighted by molar-refractivity contribution is 5.92. The summed E-state index contributed by atoms with van der Waals surface area (Å²) in [5.41, 5.74) is -0.764. The largest absolute Gasteiger partial charge is 0.342 e. The average molecular weight is 240 g/mol. The monoisotopic (exact) mass is 240 g/mol. The van der Waals surface area contributed by atoms with Crippen LogP contribution in [0.1, 0.15) is 47.0 Å².